The van der Waals surface area contributed by atoms with E-state index in [1.807, 2.05) is 72.8 Å². The van der Waals surface area contributed by atoms with Crippen LogP contribution in [0.1, 0.15) is 56.7 Å². The van der Waals surface area contributed by atoms with Gasteiger partial charge in [0, 0.05) is 33.4 Å². The van der Waals surface area contributed by atoms with E-state index in [9.17, 15) is 5.11 Å². The number of phenols is 1. The molecule has 0 aliphatic carbocycles. The largest absolute Gasteiger partial charge is 0.507 e. The maximum absolute atomic E-state index is 11.3. The van der Waals surface area contributed by atoms with Gasteiger partial charge in [-0.1, -0.05) is 84.3 Å². The average molecular weight is 613 g/mol. The Morgan fingerprint density at radius 3 is 1.65 bits per heavy atom. The highest BCUT2D eigenvalue weighted by atomic mass is 16.6. The SMILES string of the molecule is C#Cc1ccc(C#C)c(C#Cc2cc3c(O)c(c2)COC[C@H](c2ccccc2)OCCOCCO[C@@H](c2ccccc2)COC3)c1. The normalized spacial score (nSPS) is 18.0. The van der Waals surface area contributed by atoms with Crippen LogP contribution in [-0.2, 0) is 36.9 Å². The second kappa shape index (κ2) is 17.0. The molecule has 0 amide bonds. The lowest BCUT2D eigenvalue weighted by atomic mass is 10.0. The molecule has 1 aliphatic heterocycles. The fourth-order valence-corrected chi connectivity index (χ4v) is 5.02. The second-order valence-corrected chi connectivity index (χ2v) is 10.6. The molecular weight excluding hydrogens is 576 g/mol. The Bertz CT molecular complexity index is 1640. The minimum atomic E-state index is -0.319. The molecule has 1 aliphatic rings. The van der Waals surface area contributed by atoms with E-state index in [4.69, 9.17) is 36.5 Å². The molecule has 4 aromatic carbocycles. The van der Waals surface area contributed by atoms with Crippen LogP contribution in [0.15, 0.2) is 91.0 Å². The van der Waals surface area contributed by atoms with Crippen LogP contribution in [-0.4, -0.2) is 44.7 Å². The summed E-state index contributed by atoms with van der Waals surface area (Å²) in [7, 11) is 0. The topological polar surface area (TPSA) is 66.4 Å². The van der Waals surface area contributed by atoms with Crippen LogP contribution in [0.25, 0.3) is 0 Å². The minimum Gasteiger partial charge on any atom is -0.507 e. The summed E-state index contributed by atoms with van der Waals surface area (Å²) < 4.78 is 30.4. The third-order valence-electron chi connectivity index (χ3n) is 7.44. The molecule has 5 rings (SSSR count). The van der Waals surface area contributed by atoms with Crippen LogP contribution in [0.2, 0.25) is 0 Å². The molecule has 232 valence electrons. The first-order valence-electron chi connectivity index (χ1n) is 15.1. The van der Waals surface area contributed by atoms with Crippen LogP contribution in [0, 0.1) is 36.5 Å². The summed E-state index contributed by atoms with van der Waals surface area (Å²) in [5.41, 5.74) is 5.78. The summed E-state index contributed by atoms with van der Waals surface area (Å²) in [5.74, 6) is 11.7. The Morgan fingerprint density at radius 1 is 0.565 bits per heavy atom. The average Bonchev–Trinajstić information content (AvgIpc) is 3.10. The number of benzene rings is 4. The van der Waals surface area contributed by atoms with Crippen LogP contribution in [0.5, 0.6) is 5.75 Å². The molecule has 0 saturated heterocycles. The number of rotatable bonds is 2. The number of ether oxygens (including phenoxy) is 5. The van der Waals surface area contributed by atoms with E-state index in [0.717, 1.165) is 11.1 Å². The van der Waals surface area contributed by atoms with E-state index < -0.39 is 0 Å². The standard InChI is InChI=1S/C40H36O6/c1-3-30-15-17-32(4-2)35(23-30)18-16-31-24-36-26-43-28-38(33-11-7-5-8-12-33)45-21-19-42-20-22-46-39(34-13-9-6-10-14-34)29-44-27-37(25-31)40(36)41/h1-2,5-15,17,23-25,38-39,41H,19-22,26-29H2/t38-,39-/m1/s1. The summed E-state index contributed by atoms with van der Waals surface area (Å²) >= 11 is 0. The molecule has 0 fully saturated rings. The van der Waals surface area contributed by atoms with Gasteiger partial charge in [-0.05, 0) is 41.5 Å². The third kappa shape index (κ3) is 9.10. The summed E-state index contributed by atoms with van der Waals surface area (Å²) in [5, 5.41) is 11.3. The van der Waals surface area contributed by atoms with E-state index in [1.165, 1.54) is 0 Å². The highest BCUT2D eigenvalue weighted by Gasteiger charge is 2.17. The molecule has 46 heavy (non-hydrogen) atoms. The fourth-order valence-electron chi connectivity index (χ4n) is 5.02. The maximum Gasteiger partial charge on any atom is 0.126 e. The van der Waals surface area contributed by atoms with Gasteiger partial charge in [-0.15, -0.1) is 12.8 Å². The monoisotopic (exact) mass is 612 g/mol. The van der Waals surface area contributed by atoms with Crippen molar-refractivity contribution in [3.63, 3.8) is 0 Å². The molecule has 1 heterocycles. The van der Waals surface area contributed by atoms with Gasteiger partial charge >= 0.3 is 0 Å². The first-order chi connectivity index (χ1) is 22.6. The number of hydrogen-bond donors (Lipinski definition) is 1. The predicted octanol–water partition coefficient (Wildman–Crippen LogP) is 6.33. The highest BCUT2D eigenvalue weighted by molar-refractivity contribution is 5.57. The number of aromatic hydroxyl groups is 1. The zero-order valence-corrected chi connectivity index (χ0v) is 25.6. The van der Waals surface area contributed by atoms with E-state index in [2.05, 4.69) is 23.7 Å². The summed E-state index contributed by atoms with van der Waals surface area (Å²) in [4.78, 5) is 0. The maximum atomic E-state index is 11.3. The van der Waals surface area contributed by atoms with Crippen LogP contribution >= 0.6 is 0 Å². The molecule has 0 unspecified atom stereocenters. The van der Waals surface area contributed by atoms with E-state index in [1.54, 1.807) is 18.2 Å². The Hall–Kier alpha value is -4.84. The second-order valence-electron chi connectivity index (χ2n) is 10.6. The van der Waals surface area contributed by atoms with Crippen molar-refractivity contribution in [3.8, 4) is 42.3 Å². The molecule has 2 atom stereocenters. The molecule has 1 N–H and O–H groups in total. The van der Waals surface area contributed by atoms with Crippen LogP contribution < -0.4 is 0 Å². The molecule has 6 nitrogen and oxygen atoms in total. The van der Waals surface area contributed by atoms with Gasteiger partial charge in [-0.3, -0.25) is 0 Å². The summed E-state index contributed by atoms with van der Waals surface area (Å²) in [6, 6.07) is 28.8. The van der Waals surface area contributed by atoms with Crippen molar-refractivity contribution in [3.05, 3.63) is 136 Å². The smallest absolute Gasteiger partial charge is 0.126 e. The van der Waals surface area contributed by atoms with Crippen LogP contribution in [0.3, 0.4) is 0 Å². The Kier molecular flexibility index (Phi) is 12.0. The summed E-state index contributed by atoms with van der Waals surface area (Å²) in [6.45, 7) is 2.41. The van der Waals surface area contributed by atoms with E-state index >= 15 is 0 Å². The van der Waals surface area contributed by atoms with Crippen molar-refractivity contribution in [2.75, 3.05) is 39.6 Å². The number of terminal acetylenes is 2. The van der Waals surface area contributed by atoms with Crippen molar-refractivity contribution in [2.24, 2.45) is 0 Å². The zero-order valence-electron chi connectivity index (χ0n) is 25.6. The molecule has 2 bridgehead atoms. The Labute approximate surface area is 271 Å². The highest BCUT2D eigenvalue weighted by Crippen LogP contribution is 2.28. The van der Waals surface area contributed by atoms with Gasteiger partial charge in [0.1, 0.15) is 18.0 Å². The first kappa shape index (κ1) is 32.6. The lowest BCUT2D eigenvalue weighted by molar-refractivity contribution is -0.0646. The lowest BCUT2D eigenvalue weighted by Gasteiger charge is -2.21. The van der Waals surface area contributed by atoms with Gasteiger partial charge in [0.15, 0.2) is 0 Å². The van der Waals surface area contributed by atoms with E-state index in [-0.39, 0.29) is 44.4 Å². The number of phenolic OH excluding ortho intramolecular Hbond substituents is 1. The Balaban J connectivity index is 1.44. The van der Waals surface area contributed by atoms with Crippen LogP contribution in [0.4, 0.5) is 0 Å². The summed E-state index contributed by atoms with van der Waals surface area (Å²) in [6.07, 6.45) is 10.7. The van der Waals surface area contributed by atoms with Gasteiger partial charge in [0.25, 0.3) is 0 Å². The number of hydrogen-bond acceptors (Lipinski definition) is 6. The van der Waals surface area contributed by atoms with E-state index in [0.29, 0.717) is 59.8 Å². The Morgan fingerprint density at radius 2 is 1.13 bits per heavy atom. The molecule has 0 saturated carbocycles. The molecule has 0 spiro atoms. The molecule has 0 aromatic heterocycles. The molecule has 0 radical (unpaired) electrons. The quantitative estimate of drug-likeness (QED) is 0.267. The van der Waals surface area contributed by atoms with Crippen molar-refractivity contribution in [2.45, 2.75) is 25.4 Å². The van der Waals surface area contributed by atoms with Crippen molar-refractivity contribution in [1.29, 1.82) is 0 Å². The first-order valence-corrected chi connectivity index (χ1v) is 15.1. The molecule has 4 aromatic rings. The van der Waals surface area contributed by atoms with Gasteiger partial charge in [0.05, 0.1) is 52.9 Å². The van der Waals surface area contributed by atoms with Gasteiger partial charge in [0.2, 0.25) is 0 Å². The molecular formula is C40H36O6. The number of fused-ring (bicyclic) bond motifs is 2. The predicted molar refractivity (Wildman–Crippen MR) is 177 cm³/mol. The third-order valence-corrected chi connectivity index (χ3v) is 7.44. The van der Waals surface area contributed by atoms with Crippen molar-refractivity contribution < 1.29 is 28.8 Å². The van der Waals surface area contributed by atoms with Gasteiger partial charge in [-0.25, -0.2) is 0 Å². The van der Waals surface area contributed by atoms with Crippen molar-refractivity contribution >= 4 is 0 Å². The van der Waals surface area contributed by atoms with Gasteiger partial charge in [-0.2, -0.15) is 0 Å². The molecule has 6 heteroatoms. The zero-order chi connectivity index (χ0) is 32.0. The lowest BCUT2D eigenvalue weighted by Crippen LogP contribution is -2.18. The fraction of sp³-hybridized carbons (Fsp3) is 0.250. The minimum absolute atomic E-state index is 0.0908. The van der Waals surface area contributed by atoms with Gasteiger partial charge < -0.3 is 28.8 Å². The van der Waals surface area contributed by atoms with Crippen molar-refractivity contribution in [1.82, 2.24) is 0 Å².